The summed E-state index contributed by atoms with van der Waals surface area (Å²) >= 11 is 9.31. The summed E-state index contributed by atoms with van der Waals surface area (Å²) in [6, 6.07) is 19.3. The fourth-order valence-corrected chi connectivity index (χ4v) is 3.81. The third-order valence-corrected chi connectivity index (χ3v) is 5.88. The van der Waals surface area contributed by atoms with E-state index in [1.165, 1.54) is 18.2 Å². The molecule has 0 aromatic heterocycles. The number of carbonyl (C=O) groups is 1. The van der Waals surface area contributed by atoms with E-state index in [4.69, 9.17) is 11.6 Å². The van der Waals surface area contributed by atoms with Gasteiger partial charge in [0.1, 0.15) is 0 Å². The van der Waals surface area contributed by atoms with E-state index in [1.807, 2.05) is 0 Å². The van der Waals surface area contributed by atoms with Gasteiger partial charge in [0, 0.05) is 15.7 Å². The van der Waals surface area contributed by atoms with E-state index in [9.17, 15) is 13.2 Å². The number of carbonyl (C=O) groups excluding carboxylic acids is 1. The van der Waals surface area contributed by atoms with Crippen LogP contribution in [-0.2, 0) is 10.0 Å². The molecule has 8 heteroatoms. The van der Waals surface area contributed by atoms with Crippen molar-refractivity contribution in [2.24, 2.45) is 0 Å². The van der Waals surface area contributed by atoms with Crippen molar-refractivity contribution in [3.05, 3.63) is 87.9 Å². The smallest absolute Gasteiger partial charge is 0.261 e. The van der Waals surface area contributed by atoms with E-state index in [-0.39, 0.29) is 10.6 Å². The number of amides is 1. The summed E-state index contributed by atoms with van der Waals surface area (Å²) < 4.78 is 28.2. The zero-order valence-electron chi connectivity index (χ0n) is 13.8. The zero-order valence-corrected chi connectivity index (χ0v) is 17.0. The summed E-state index contributed by atoms with van der Waals surface area (Å²) in [7, 11) is -3.76. The number of hydrogen-bond acceptors (Lipinski definition) is 3. The molecule has 0 fully saturated rings. The van der Waals surface area contributed by atoms with Crippen molar-refractivity contribution in [3.63, 3.8) is 0 Å². The van der Waals surface area contributed by atoms with Crippen LogP contribution in [0.1, 0.15) is 10.4 Å². The van der Waals surface area contributed by atoms with Crippen LogP contribution in [0.15, 0.2) is 82.2 Å². The highest BCUT2D eigenvalue weighted by molar-refractivity contribution is 9.10. The Morgan fingerprint density at radius 1 is 0.926 bits per heavy atom. The fourth-order valence-electron chi connectivity index (χ4n) is 2.31. The fraction of sp³-hybridized carbons (Fsp3) is 0. The largest absolute Gasteiger partial charge is 0.321 e. The van der Waals surface area contributed by atoms with Gasteiger partial charge in [0.2, 0.25) is 0 Å². The molecule has 5 nitrogen and oxygen atoms in total. The lowest BCUT2D eigenvalue weighted by Gasteiger charge is -2.10. The van der Waals surface area contributed by atoms with Gasteiger partial charge in [0.15, 0.2) is 0 Å². The number of para-hydroxylation sites is 1. The van der Waals surface area contributed by atoms with Gasteiger partial charge < -0.3 is 5.32 Å². The molecule has 0 saturated heterocycles. The number of nitrogens with one attached hydrogen (secondary N) is 2. The molecule has 2 N–H and O–H groups in total. The molecule has 0 bridgehead atoms. The summed E-state index contributed by atoms with van der Waals surface area (Å²) in [6.07, 6.45) is 0. The summed E-state index contributed by atoms with van der Waals surface area (Å²) in [5.41, 5.74) is 1.06. The second kappa shape index (κ2) is 8.12. The third-order valence-electron chi connectivity index (χ3n) is 3.62. The Morgan fingerprint density at radius 3 is 2.33 bits per heavy atom. The monoisotopic (exact) mass is 464 g/mol. The lowest BCUT2D eigenvalue weighted by molar-refractivity contribution is 0.102. The van der Waals surface area contributed by atoms with Crippen LogP contribution < -0.4 is 10.0 Å². The Morgan fingerprint density at radius 2 is 1.63 bits per heavy atom. The van der Waals surface area contributed by atoms with Crippen LogP contribution >= 0.6 is 27.5 Å². The van der Waals surface area contributed by atoms with Gasteiger partial charge in [-0.25, -0.2) is 8.42 Å². The van der Waals surface area contributed by atoms with Crippen molar-refractivity contribution < 1.29 is 13.2 Å². The van der Waals surface area contributed by atoms with Crippen LogP contribution in [0.4, 0.5) is 11.4 Å². The molecule has 0 spiro atoms. The number of anilines is 2. The van der Waals surface area contributed by atoms with Gasteiger partial charge in [-0.2, -0.15) is 0 Å². The highest BCUT2D eigenvalue weighted by Crippen LogP contribution is 2.23. The van der Waals surface area contributed by atoms with E-state index < -0.39 is 15.9 Å². The standard InChI is InChI=1S/C19H14BrClN2O3S/c20-14-8-10-16(11-9-14)27(25,26)23-15-5-3-4-13(12-15)19(24)22-18-7-2-1-6-17(18)21/h1-12,23H,(H,22,24). The van der Waals surface area contributed by atoms with Gasteiger partial charge in [-0.1, -0.05) is 45.7 Å². The molecule has 0 aliphatic heterocycles. The second-order valence-corrected chi connectivity index (χ2v) is 8.58. The number of halogens is 2. The molecule has 0 unspecified atom stereocenters. The van der Waals surface area contributed by atoms with Gasteiger partial charge in [-0.3, -0.25) is 9.52 Å². The zero-order chi connectivity index (χ0) is 19.4. The van der Waals surface area contributed by atoms with Gasteiger partial charge in [-0.15, -0.1) is 0 Å². The topological polar surface area (TPSA) is 75.3 Å². The Bertz CT molecular complexity index is 1090. The van der Waals surface area contributed by atoms with Crippen molar-refractivity contribution in [3.8, 4) is 0 Å². The predicted octanol–water partition coefficient (Wildman–Crippen LogP) is 5.16. The molecule has 3 rings (SSSR count). The van der Waals surface area contributed by atoms with Crippen LogP contribution in [0.2, 0.25) is 5.02 Å². The maximum atomic E-state index is 12.5. The average Bonchev–Trinajstić information content (AvgIpc) is 2.64. The molecule has 3 aromatic rings. The molecular formula is C19H14BrClN2O3S. The minimum atomic E-state index is -3.76. The maximum Gasteiger partial charge on any atom is 0.261 e. The molecule has 0 saturated carbocycles. The highest BCUT2D eigenvalue weighted by atomic mass is 79.9. The first-order valence-corrected chi connectivity index (χ1v) is 10.4. The number of hydrogen-bond donors (Lipinski definition) is 2. The van der Waals surface area contributed by atoms with E-state index >= 15 is 0 Å². The van der Waals surface area contributed by atoms with Crippen LogP contribution in [-0.4, -0.2) is 14.3 Å². The minimum absolute atomic E-state index is 0.122. The molecule has 138 valence electrons. The van der Waals surface area contributed by atoms with E-state index in [0.717, 1.165) is 4.47 Å². The Kier molecular flexibility index (Phi) is 5.84. The van der Waals surface area contributed by atoms with Crippen LogP contribution in [0.3, 0.4) is 0 Å². The van der Waals surface area contributed by atoms with Gasteiger partial charge >= 0.3 is 0 Å². The Labute approximate surface area is 170 Å². The first-order chi connectivity index (χ1) is 12.8. The van der Waals surface area contributed by atoms with Gasteiger partial charge in [-0.05, 0) is 54.6 Å². The van der Waals surface area contributed by atoms with Gasteiger partial charge in [0.25, 0.3) is 15.9 Å². The molecular weight excluding hydrogens is 452 g/mol. The molecule has 0 radical (unpaired) electrons. The first kappa shape index (κ1) is 19.4. The van der Waals surface area contributed by atoms with E-state index in [1.54, 1.807) is 54.6 Å². The van der Waals surface area contributed by atoms with E-state index in [0.29, 0.717) is 16.3 Å². The predicted molar refractivity (Wildman–Crippen MR) is 111 cm³/mol. The molecule has 27 heavy (non-hydrogen) atoms. The van der Waals surface area contributed by atoms with Crippen molar-refractivity contribution >= 4 is 54.8 Å². The molecule has 3 aromatic carbocycles. The second-order valence-electron chi connectivity index (χ2n) is 5.57. The summed E-state index contributed by atoms with van der Waals surface area (Å²) in [5, 5.41) is 3.12. The minimum Gasteiger partial charge on any atom is -0.321 e. The van der Waals surface area contributed by atoms with Crippen molar-refractivity contribution in [2.75, 3.05) is 10.0 Å². The van der Waals surface area contributed by atoms with Crippen molar-refractivity contribution in [2.45, 2.75) is 4.90 Å². The van der Waals surface area contributed by atoms with Crippen LogP contribution in [0.5, 0.6) is 0 Å². The molecule has 0 aliphatic carbocycles. The van der Waals surface area contributed by atoms with Gasteiger partial charge in [0.05, 0.1) is 15.6 Å². The van der Waals surface area contributed by atoms with Crippen molar-refractivity contribution in [1.82, 2.24) is 0 Å². The molecule has 1 amide bonds. The van der Waals surface area contributed by atoms with Crippen molar-refractivity contribution in [1.29, 1.82) is 0 Å². The molecule has 0 heterocycles. The first-order valence-electron chi connectivity index (χ1n) is 7.79. The number of rotatable bonds is 5. The Hall–Kier alpha value is -2.35. The summed E-state index contributed by atoms with van der Waals surface area (Å²) in [5.74, 6) is -0.396. The van der Waals surface area contributed by atoms with E-state index in [2.05, 4.69) is 26.0 Å². The normalized spacial score (nSPS) is 11.0. The van der Waals surface area contributed by atoms with Crippen LogP contribution in [0, 0.1) is 0 Å². The molecule has 0 atom stereocenters. The highest BCUT2D eigenvalue weighted by Gasteiger charge is 2.15. The molecule has 0 aliphatic rings. The third kappa shape index (κ3) is 4.88. The summed E-state index contributed by atoms with van der Waals surface area (Å²) in [4.78, 5) is 12.6. The SMILES string of the molecule is O=C(Nc1ccccc1Cl)c1cccc(NS(=O)(=O)c2ccc(Br)cc2)c1. The lowest BCUT2D eigenvalue weighted by Crippen LogP contribution is -2.15. The summed E-state index contributed by atoms with van der Waals surface area (Å²) in [6.45, 7) is 0. The maximum absolute atomic E-state index is 12.5. The average molecular weight is 466 g/mol. The number of sulfonamides is 1. The van der Waals surface area contributed by atoms with Crippen LogP contribution in [0.25, 0.3) is 0 Å². The quantitative estimate of drug-likeness (QED) is 0.547. The lowest BCUT2D eigenvalue weighted by atomic mass is 10.2. The Balaban J connectivity index is 1.80. The number of benzene rings is 3.